The summed E-state index contributed by atoms with van der Waals surface area (Å²) in [7, 11) is 0. The average molecular weight is 317 g/mol. The number of nitrogens with one attached hydrogen (secondary N) is 1. The van der Waals surface area contributed by atoms with Crippen LogP contribution in [0.1, 0.15) is 39.7 Å². The van der Waals surface area contributed by atoms with Crippen LogP contribution in [0.4, 0.5) is 0 Å². The molecule has 2 atom stereocenters. The smallest absolute Gasteiger partial charge is 0.133 e. The molecule has 4 heteroatoms. The van der Waals surface area contributed by atoms with Gasteiger partial charge in [0.2, 0.25) is 0 Å². The second-order valence-electron chi connectivity index (χ2n) is 6.63. The van der Waals surface area contributed by atoms with Gasteiger partial charge in [0, 0.05) is 5.57 Å². The van der Waals surface area contributed by atoms with E-state index in [0.29, 0.717) is 12.5 Å². The summed E-state index contributed by atoms with van der Waals surface area (Å²) in [4.78, 5) is 0. The summed E-state index contributed by atoms with van der Waals surface area (Å²) in [6.07, 6.45) is 1.16. The number of benzene rings is 1. The molecule has 1 aromatic rings. The minimum atomic E-state index is -0.837. The predicted molar refractivity (Wildman–Crippen MR) is 92.9 cm³/mol. The zero-order chi connectivity index (χ0) is 17.0. The van der Waals surface area contributed by atoms with Gasteiger partial charge in [0.1, 0.15) is 24.8 Å². The van der Waals surface area contributed by atoms with Gasteiger partial charge in [-0.25, -0.2) is 0 Å². The third-order valence-electron chi connectivity index (χ3n) is 3.80. The molecule has 0 fully saturated rings. The third-order valence-corrected chi connectivity index (χ3v) is 3.80. The highest BCUT2D eigenvalue weighted by Crippen LogP contribution is 2.33. The largest absolute Gasteiger partial charge is 0.490 e. The third kappa shape index (κ3) is 4.67. The fraction of sp³-hybridized carbons (Fsp3) is 0.474. The molecule has 0 aliphatic carbocycles. The van der Waals surface area contributed by atoms with Crippen LogP contribution < -0.4 is 10.1 Å². The zero-order valence-corrected chi connectivity index (χ0v) is 14.3. The van der Waals surface area contributed by atoms with Crippen LogP contribution in [0.25, 0.3) is 5.57 Å². The molecule has 0 amide bonds. The van der Waals surface area contributed by atoms with Crippen molar-refractivity contribution in [1.29, 1.82) is 0 Å². The van der Waals surface area contributed by atoms with Crippen LogP contribution in [0.15, 0.2) is 41.5 Å². The second-order valence-corrected chi connectivity index (χ2v) is 6.63. The standard InChI is InChI=1S/C19H27NO3/c1-12(2)9-10-23-15-7-5-14(6-8-15)17-16(11-13(3)4)18(21)20-19(17)22/h5-9,13,18-22H,10-11H2,1-4H3. The molecule has 1 heterocycles. The molecule has 126 valence electrons. The van der Waals surface area contributed by atoms with E-state index >= 15 is 0 Å². The molecule has 23 heavy (non-hydrogen) atoms. The van der Waals surface area contributed by atoms with E-state index in [1.807, 2.05) is 44.2 Å². The molecule has 0 saturated heterocycles. The van der Waals surface area contributed by atoms with Crippen LogP contribution in [-0.4, -0.2) is 29.3 Å². The Morgan fingerprint density at radius 2 is 1.83 bits per heavy atom. The summed E-state index contributed by atoms with van der Waals surface area (Å²) in [5, 5.41) is 23.1. The topological polar surface area (TPSA) is 61.7 Å². The normalized spacial score (nSPS) is 21.0. The van der Waals surface area contributed by atoms with E-state index in [9.17, 15) is 10.2 Å². The van der Waals surface area contributed by atoms with Crippen LogP contribution in [0.2, 0.25) is 0 Å². The lowest BCUT2D eigenvalue weighted by Crippen LogP contribution is -2.32. The number of aliphatic hydroxyl groups is 2. The van der Waals surface area contributed by atoms with E-state index < -0.39 is 12.5 Å². The van der Waals surface area contributed by atoms with Crippen molar-refractivity contribution >= 4 is 5.57 Å². The van der Waals surface area contributed by atoms with Crippen molar-refractivity contribution in [2.24, 2.45) is 5.92 Å². The Labute approximate surface area is 138 Å². The van der Waals surface area contributed by atoms with Gasteiger partial charge in [0.25, 0.3) is 0 Å². The second kappa shape index (κ2) is 7.77. The van der Waals surface area contributed by atoms with Crippen LogP contribution in [0.3, 0.4) is 0 Å². The number of hydrogen-bond acceptors (Lipinski definition) is 4. The van der Waals surface area contributed by atoms with Gasteiger partial charge in [-0.3, -0.25) is 5.32 Å². The highest BCUT2D eigenvalue weighted by molar-refractivity contribution is 5.74. The van der Waals surface area contributed by atoms with Crippen LogP contribution in [0, 0.1) is 5.92 Å². The van der Waals surface area contributed by atoms with Gasteiger partial charge in [0.05, 0.1) is 0 Å². The van der Waals surface area contributed by atoms with Crippen molar-refractivity contribution in [3.05, 3.63) is 47.1 Å². The van der Waals surface area contributed by atoms with Crippen LogP contribution >= 0.6 is 0 Å². The fourth-order valence-electron chi connectivity index (χ4n) is 2.70. The molecule has 0 spiro atoms. The number of aliphatic hydroxyl groups excluding tert-OH is 2. The Kier molecular flexibility index (Phi) is 5.99. The van der Waals surface area contributed by atoms with Crippen molar-refractivity contribution in [3.8, 4) is 5.75 Å². The van der Waals surface area contributed by atoms with Crippen LogP contribution in [0.5, 0.6) is 5.75 Å². The lowest BCUT2D eigenvalue weighted by molar-refractivity contribution is 0.109. The Morgan fingerprint density at radius 1 is 1.17 bits per heavy atom. The molecular weight excluding hydrogens is 290 g/mol. The maximum Gasteiger partial charge on any atom is 0.133 e. The quantitative estimate of drug-likeness (QED) is 0.706. The minimum absolute atomic E-state index is 0.411. The SMILES string of the molecule is CC(C)=CCOc1ccc(C2=C(CC(C)C)C(O)NC2O)cc1. The van der Waals surface area contributed by atoms with E-state index in [1.54, 1.807) is 0 Å². The number of hydrogen-bond donors (Lipinski definition) is 3. The van der Waals surface area contributed by atoms with Gasteiger partial charge in [-0.1, -0.05) is 31.6 Å². The van der Waals surface area contributed by atoms with E-state index in [0.717, 1.165) is 28.9 Å². The molecule has 3 N–H and O–H groups in total. The van der Waals surface area contributed by atoms with Crippen molar-refractivity contribution < 1.29 is 14.9 Å². The van der Waals surface area contributed by atoms with Crippen molar-refractivity contribution in [2.75, 3.05) is 6.61 Å². The molecule has 1 aliphatic rings. The maximum absolute atomic E-state index is 10.2. The molecule has 2 rings (SSSR count). The van der Waals surface area contributed by atoms with Gasteiger partial charge >= 0.3 is 0 Å². The van der Waals surface area contributed by atoms with Gasteiger partial charge < -0.3 is 14.9 Å². The van der Waals surface area contributed by atoms with Crippen molar-refractivity contribution in [1.82, 2.24) is 5.32 Å². The Morgan fingerprint density at radius 3 is 2.39 bits per heavy atom. The van der Waals surface area contributed by atoms with E-state index in [4.69, 9.17) is 4.74 Å². The molecule has 0 bridgehead atoms. The van der Waals surface area contributed by atoms with Gasteiger partial charge in [-0.05, 0) is 55.5 Å². The summed E-state index contributed by atoms with van der Waals surface area (Å²) in [6, 6.07) is 7.64. The lowest BCUT2D eigenvalue weighted by atomic mass is 9.94. The number of rotatable bonds is 6. The molecule has 1 aromatic carbocycles. The summed E-state index contributed by atoms with van der Waals surface area (Å²) in [5.74, 6) is 1.20. The van der Waals surface area contributed by atoms with E-state index in [2.05, 4.69) is 19.2 Å². The van der Waals surface area contributed by atoms with E-state index in [1.165, 1.54) is 5.57 Å². The first-order chi connectivity index (χ1) is 10.9. The van der Waals surface area contributed by atoms with Gasteiger partial charge in [-0.15, -0.1) is 0 Å². The summed E-state index contributed by atoms with van der Waals surface area (Å²) in [6.45, 7) is 8.82. The number of ether oxygens (including phenoxy) is 1. The highest BCUT2D eigenvalue weighted by atomic mass is 16.5. The molecule has 0 saturated carbocycles. The Hall–Kier alpha value is -1.62. The number of allylic oxidation sites excluding steroid dienone is 1. The van der Waals surface area contributed by atoms with E-state index in [-0.39, 0.29) is 0 Å². The van der Waals surface area contributed by atoms with Crippen molar-refractivity contribution in [2.45, 2.75) is 46.6 Å². The average Bonchev–Trinajstić information content (AvgIpc) is 2.73. The summed E-state index contributed by atoms with van der Waals surface area (Å²) in [5.41, 5.74) is 3.78. The lowest BCUT2D eigenvalue weighted by Gasteiger charge is -2.13. The molecule has 2 unspecified atom stereocenters. The molecule has 0 radical (unpaired) electrons. The van der Waals surface area contributed by atoms with Gasteiger partial charge in [-0.2, -0.15) is 0 Å². The molecule has 4 nitrogen and oxygen atoms in total. The summed E-state index contributed by atoms with van der Waals surface area (Å²) >= 11 is 0. The monoisotopic (exact) mass is 317 g/mol. The summed E-state index contributed by atoms with van der Waals surface area (Å²) < 4.78 is 5.65. The molecule has 0 aromatic heterocycles. The Balaban J connectivity index is 2.19. The first-order valence-electron chi connectivity index (χ1n) is 8.10. The first-order valence-corrected chi connectivity index (χ1v) is 8.10. The maximum atomic E-state index is 10.2. The van der Waals surface area contributed by atoms with Crippen LogP contribution in [-0.2, 0) is 0 Å². The molecular formula is C19H27NO3. The minimum Gasteiger partial charge on any atom is -0.490 e. The van der Waals surface area contributed by atoms with Crippen molar-refractivity contribution in [3.63, 3.8) is 0 Å². The highest BCUT2D eigenvalue weighted by Gasteiger charge is 2.31. The zero-order valence-electron chi connectivity index (χ0n) is 14.3. The first kappa shape index (κ1) is 17.7. The Bertz CT molecular complexity index is 583. The fourth-order valence-corrected chi connectivity index (χ4v) is 2.70. The molecule has 1 aliphatic heterocycles. The van der Waals surface area contributed by atoms with Gasteiger partial charge in [0.15, 0.2) is 0 Å². The predicted octanol–water partition coefficient (Wildman–Crippen LogP) is 3.07.